The fraction of sp³-hybridized carbons (Fsp3) is 0.556. The molecule has 0 aromatic heterocycles. The highest BCUT2D eigenvalue weighted by atomic mass is 35.5. The van der Waals surface area contributed by atoms with Gasteiger partial charge in [-0.15, -0.1) is 12.4 Å². The fourth-order valence-corrected chi connectivity index (χ4v) is 4.66. The molecule has 1 aromatic rings. The Morgan fingerprint density at radius 2 is 1.89 bits per heavy atom. The zero-order valence-corrected chi connectivity index (χ0v) is 16.8. The Morgan fingerprint density at radius 3 is 2.50 bits per heavy atom. The minimum Gasteiger partial charge on any atom is -0.351 e. The van der Waals surface area contributed by atoms with Crippen molar-refractivity contribution in [2.75, 3.05) is 6.54 Å². The second-order valence-electron chi connectivity index (χ2n) is 7.35. The highest BCUT2D eigenvalue weighted by Gasteiger charge is 2.39. The van der Waals surface area contributed by atoms with Crippen LogP contribution in [-0.2, 0) is 4.79 Å². The lowest BCUT2D eigenvalue weighted by Gasteiger charge is -2.45. The number of nitro benzene ring substituents is 1. The molecule has 2 atom stereocenters. The van der Waals surface area contributed by atoms with Crippen LogP contribution in [0, 0.1) is 22.0 Å². The summed E-state index contributed by atoms with van der Waals surface area (Å²) in [5, 5.41) is 16.5. The van der Waals surface area contributed by atoms with Crippen LogP contribution in [0.5, 0.6) is 0 Å². The second kappa shape index (κ2) is 9.54. The average molecular weight is 431 g/mol. The predicted octanol–water partition coefficient (Wildman–Crippen LogP) is 2.42. The van der Waals surface area contributed by atoms with Crippen LogP contribution in [0.25, 0.3) is 0 Å². The molecule has 154 valence electrons. The molecule has 0 heterocycles. The Balaban J connectivity index is 0.00000280. The summed E-state index contributed by atoms with van der Waals surface area (Å²) in [6.45, 7) is -0.261. The minimum atomic E-state index is -0.742. The monoisotopic (exact) mass is 430 g/mol. The minimum absolute atomic E-state index is 0. The number of halogens is 2. The van der Waals surface area contributed by atoms with Gasteiger partial charge in [-0.05, 0) is 43.6 Å². The predicted molar refractivity (Wildman–Crippen MR) is 108 cm³/mol. The zero-order valence-electron chi connectivity index (χ0n) is 15.2. The molecule has 2 unspecified atom stereocenters. The van der Waals surface area contributed by atoms with Gasteiger partial charge in [-0.2, -0.15) is 0 Å². The largest absolute Gasteiger partial charge is 0.351 e. The van der Waals surface area contributed by atoms with Gasteiger partial charge in [0, 0.05) is 18.2 Å². The van der Waals surface area contributed by atoms with E-state index in [0.717, 1.165) is 32.1 Å². The number of nitrogens with two attached hydrogens (primary N) is 1. The molecule has 2 amide bonds. The Morgan fingerprint density at radius 1 is 1.25 bits per heavy atom. The molecule has 3 rings (SSSR count). The molecule has 10 heteroatoms. The first kappa shape index (κ1) is 22.4. The van der Waals surface area contributed by atoms with Crippen LogP contribution in [-0.4, -0.2) is 35.4 Å². The first-order valence-corrected chi connectivity index (χ1v) is 9.50. The first-order valence-electron chi connectivity index (χ1n) is 9.13. The first-order chi connectivity index (χ1) is 12.9. The lowest BCUT2D eigenvalue weighted by molar-refractivity contribution is -0.385. The van der Waals surface area contributed by atoms with Crippen LogP contribution in [0.1, 0.15) is 42.5 Å². The van der Waals surface area contributed by atoms with Crippen molar-refractivity contribution in [3.63, 3.8) is 0 Å². The van der Waals surface area contributed by atoms with E-state index >= 15 is 0 Å². The number of nitro groups is 1. The molecule has 0 spiro atoms. The lowest BCUT2D eigenvalue weighted by atomic mass is 9.67. The number of carbonyl (C=O) groups is 2. The summed E-state index contributed by atoms with van der Waals surface area (Å²) in [6.07, 6.45) is 5.06. The van der Waals surface area contributed by atoms with Crippen LogP contribution < -0.4 is 16.4 Å². The molecule has 2 saturated carbocycles. The summed E-state index contributed by atoms with van der Waals surface area (Å²) < 4.78 is 0. The molecular formula is C18H24Cl2N4O4. The molecule has 0 aliphatic heterocycles. The number of hydrogen-bond donors (Lipinski definition) is 3. The van der Waals surface area contributed by atoms with Gasteiger partial charge in [0.15, 0.2) is 0 Å². The molecule has 2 aliphatic carbocycles. The van der Waals surface area contributed by atoms with E-state index in [9.17, 15) is 19.7 Å². The van der Waals surface area contributed by atoms with Gasteiger partial charge in [-0.1, -0.05) is 24.1 Å². The normalized spacial score (nSPS) is 25.9. The third-order valence-corrected chi connectivity index (χ3v) is 5.84. The third-order valence-electron chi connectivity index (χ3n) is 5.53. The van der Waals surface area contributed by atoms with Gasteiger partial charge in [-0.3, -0.25) is 19.7 Å². The number of nitrogens with zero attached hydrogens (tertiary/aromatic N) is 1. The zero-order chi connectivity index (χ0) is 19.6. The smallest absolute Gasteiger partial charge is 0.283 e. The van der Waals surface area contributed by atoms with Crippen LogP contribution >= 0.6 is 24.0 Å². The highest BCUT2D eigenvalue weighted by molar-refractivity contribution is 6.34. The van der Waals surface area contributed by atoms with Gasteiger partial charge in [0.1, 0.15) is 5.56 Å². The van der Waals surface area contributed by atoms with Crippen LogP contribution in [0.3, 0.4) is 0 Å². The number of fused-ring (bicyclic) bond motifs is 2. The number of benzene rings is 1. The molecule has 2 aliphatic rings. The van der Waals surface area contributed by atoms with Crippen molar-refractivity contribution in [1.82, 2.24) is 10.6 Å². The molecular weight excluding hydrogens is 407 g/mol. The van der Waals surface area contributed by atoms with Crippen molar-refractivity contribution < 1.29 is 14.5 Å². The summed E-state index contributed by atoms with van der Waals surface area (Å²) >= 11 is 5.94. The molecule has 4 N–H and O–H groups in total. The maximum atomic E-state index is 12.3. The van der Waals surface area contributed by atoms with Crippen LogP contribution in [0.15, 0.2) is 18.2 Å². The summed E-state index contributed by atoms with van der Waals surface area (Å²) in [5.74, 6) is -0.308. The average Bonchev–Trinajstić information content (AvgIpc) is 2.60. The van der Waals surface area contributed by atoms with Gasteiger partial charge in [0.2, 0.25) is 5.91 Å². The van der Waals surface area contributed by atoms with E-state index in [0.29, 0.717) is 11.8 Å². The van der Waals surface area contributed by atoms with E-state index in [1.807, 2.05) is 0 Å². The Bertz CT molecular complexity index is 747. The summed E-state index contributed by atoms with van der Waals surface area (Å²) in [4.78, 5) is 35.1. The molecule has 2 bridgehead atoms. The van der Waals surface area contributed by atoms with Crippen molar-refractivity contribution in [3.8, 4) is 0 Å². The third kappa shape index (κ3) is 4.92. The maximum Gasteiger partial charge on any atom is 0.283 e. The Labute approximate surface area is 174 Å². The van der Waals surface area contributed by atoms with Gasteiger partial charge < -0.3 is 16.4 Å². The molecule has 8 nitrogen and oxygen atoms in total. The summed E-state index contributed by atoms with van der Waals surface area (Å²) in [5.41, 5.74) is 5.47. The van der Waals surface area contributed by atoms with Gasteiger partial charge >= 0.3 is 0 Å². The van der Waals surface area contributed by atoms with Crippen molar-refractivity contribution in [2.45, 2.75) is 44.2 Å². The lowest BCUT2D eigenvalue weighted by Crippen LogP contribution is -2.55. The highest BCUT2D eigenvalue weighted by Crippen LogP contribution is 2.39. The molecule has 0 radical (unpaired) electrons. The standard InChI is InChI=1S/C18H23ClN4O4.ClH/c19-13-5-2-6-14(23(26)27)16(13)18(25)21-9-15(24)22-17-10-3-1-4-11(17)8-12(20)7-10;/h2,5-6,10-12,17H,1,3-4,7-9,20H2,(H,21,25)(H,22,24);1H. The number of hydrogen-bond acceptors (Lipinski definition) is 5. The van der Waals surface area contributed by atoms with E-state index in [-0.39, 0.29) is 47.5 Å². The fourth-order valence-electron chi connectivity index (χ4n) is 4.40. The SMILES string of the molecule is Cl.NC1CC2CCCC(C1)C2NC(=O)CNC(=O)c1c(Cl)cccc1[N+](=O)[O-]. The number of rotatable bonds is 5. The van der Waals surface area contributed by atoms with E-state index < -0.39 is 16.5 Å². The number of amides is 2. The van der Waals surface area contributed by atoms with Gasteiger partial charge in [0.05, 0.1) is 16.5 Å². The quantitative estimate of drug-likeness (QED) is 0.487. The Hall–Kier alpha value is -1.90. The number of nitrogens with one attached hydrogen (secondary N) is 2. The van der Waals surface area contributed by atoms with E-state index in [1.165, 1.54) is 18.2 Å². The molecule has 28 heavy (non-hydrogen) atoms. The van der Waals surface area contributed by atoms with E-state index in [1.54, 1.807) is 0 Å². The van der Waals surface area contributed by atoms with E-state index in [4.69, 9.17) is 17.3 Å². The summed E-state index contributed by atoms with van der Waals surface area (Å²) in [7, 11) is 0. The molecule has 0 saturated heterocycles. The van der Waals surface area contributed by atoms with Crippen molar-refractivity contribution in [2.24, 2.45) is 17.6 Å². The van der Waals surface area contributed by atoms with Crippen molar-refractivity contribution in [1.29, 1.82) is 0 Å². The van der Waals surface area contributed by atoms with Crippen molar-refractivity contribution in [3.05, 3.63) is 38.9 Å². The summed E-state index contributed by atoms with van der Waals surface area (Å²) in [6, 6.07) is 4.27. The maximum absolute atomic E-state index is 12.3. The van der Waals surface area contributed by atoms with E-state index in [2.05, 4.69) is 10.6 Å². The van der Waals surface area contributed by atoms with Crippen LogP contribution in [0.2, 0.25) is 5.02 Å². The molecule has 1 aromatic carbocycles. The van der Waals surface area contributed by atoms with Gasteiger partial charge in [-0.25, -0.2) is 0 Å². The Kier molecular flexibility index (Phi) is 7.63. The van der Waals surface area contributed by atoms with Gasteiger partial charge in [0.25, 0.3) is 11.6 Å². The van der Waals surface area contributed by atoms with Crippen molar-refractivity contribution >= 4 is 41.5 Å². The second-order valence-corrected chi connectivity index (χ2v) is 7.76. The molecule has 2 fully saturated rings. The van der Waals surface area contributed by atoms with Crippen LogP contribution in [0.4, 0.5) is 5.69 Å². The number of carbonyl (C=O) groups excluding carboxylic acids is 2. The topological polar surface area (TPSA) is 127 Å².